The van der Waals surface area contributed by atoms with Crippen LogP contribution in [-0.2, 0) is 14.2 Å². The number of hydrogen-bond donors (Lipinski definition) is 5. The van der Waals surface area contributed by atoms with Gasteiger partial charge in [0, 0.05) is 19.2 Å². The highest BCUT2D eigenvalue weighted by Gasteiger charge is 2.45. The average Bonchev–Trinajstić information content (AvgIpc) is 2.52. The molecule has 136 valence electrons. The minimum absolute atomic E-state index is 0.0939. The van der Waals surface area contributed by atoms with Crippen LogP contribution in [-0.4, -0.2) is 74.1 Å². The monoisotopic (exact) mass is 332 g/mol. The van der Waals surface area contributed by atoms with Crippen LogP contribution in [0.1, 0.15) is 26.2 Å². The van der Waals surface area contributed by atoms with Crippen molar-refractivity contribution in [1.29, 1.82) is 0 Å². The van der Waals surface area contributed by atoms with Crippen molar-refractivity contribution in [1.82, 2.24) is 5.32 Å². The second kappa shape index (κ2) is 8.17. The first-order valence-electron chi connectivity index (χ1n) is 8.34. The molecule has 0 radical (unpaired) electrons. The lowest BCUT2D eigenvalue weighted by Crippen LogP contribution is -2.65. The lowest BCUT2D eigenvalue weighted by Gasteiger charge is -2.45. The van der Waals surface area contributed by atoms with E-state index in [1.54, 1.807) is 14.2 Å². The molecule has 0 aromatic heterocycles. The number of aliphatic hydroxyl groups is 1. The molecule has 2 fully saturated rings. The SMILES string of the molecule is CN[C@H]1[C@@H](O)[C@H](O[C@H]2O[C@H]([C@H](C)N)CC[C@H]2N)[C@H](N)C[C@@H]1OC. The van der Waals surface area contributed by atoms with E-state index in [9.17, 15) is 5.11 Å². The summed E-state index contributed by atoms with van der Waals surface area (Å²) in [6.07, 6.45) is -0.0776. The quantitative estimate of drug-likeness (QED) is 0.399. The predicted octanol–water partition coefficient (Wildman–Crippen LogP) is -1.75. The van der Waals surface area contributed by atoms with E-state index >= 15 is 0 Å². The predicted molar refractivity (Wildman–Crippen MR) is 86.6 cm³/mol. The van der Waals surface area contributed by atoms with Crippen molar-refractivity contribution in [2.24, 2.45) is 17.2 Å². The highest BCUT2D eigenvalue weighted by molar-refractivity contribution is 5.00. The first-order valence-corrected chi connectivity index (χ1v) is 8.34. The van der Waals surface area contributed by atoms with E-state index < -0.39 is 18.5 Å². The maximum atomic E-state index is 10.6. The van der Waals surface area contributed by atoms with Crippen molar-refractivity contribution in [3.05, 3.63) is 0 Å². The lowest BCUT2D eigenvalue weighted by molar-refractivity contribution is -0.253. The van der Waals surface area contributed by atoms with Crippen molar-refractivity contribution >= 4 is 0 Å². The van der Waals surface area contributed by atoms with Gasteiger partial charge in [-0.2, -0.15) is 0 Å². The van der Waals surface area contributed by atoms with E-state index in [1.807, 2.05) is 6.92 Å². The fraction of sp³-hybridized carbons (Fsp3) is 1.00. The van der Waals surface area contributed by atoms with E-state index in [1.165, 1.54) is 0 Å². The highest BCUT2D eigenvalue weighted by Crippen LogP contribution is 2.28. The van der Waals surface area contributed by atoms with Gasteiger partial charge in [0.25, 0.3) is 0 Å². The number of nitrogens with two attached hydrogens (primary N) is 3. The van der Waals surface area contributed by atoms with Crippen molar-refractivity contribution in [2.45, 2.75) is 81.1 Å². The Labute approximate surface area is 138 Å². The molecule has 0 spiro atoms. The molecule has 0 bridgehead atoms. The Bertz CT molecular complexity index is 373. The van der Waals surface area contributed by atoms with Gasteiger partial charge in [-0.15, -0.1) is 0 Å². The summed E-state index contributed by atoms with van der Waals surface area (Å²) in [5.41, 5.74) is 18.2. The maximum absolute atomic E-state index is 10.6. The zero-order valence-electron chi connectivity index (χ0n) is 14.2. The zero-order valence-corrected chi connectivity index (χ0v) is 14.2. The van der Waals surface area contributed by atoms with Gasteiger partial charge < -0.3 is 41.8 Å². The summed E-state index contributed by atoms with van der Waals surface area (Å²) in [4.78, 5) is 0. The average molecular weight is 332 g/mol. The van der Waals surface area contributed by atoms with Gasteiger partial charge in [-0.1, -0.05) is 0 Å². The Morgan fingerprint density at radius 1 is 1.26 bits per heavy atom. The second-order valence-corrected chi connectivity index (χ2v) is 6.72. The highest BCUT2D eigenvalue weighted by atomic mass is 16.7. The molecular weight excluding hydrogens is 300 g/mol. The number of hydrogen-bond acceptors (Lipinski definition) is 8. The Hall–Kier alpha value is -0.320. The van der Waals surface area contributed by atoms with Crippen LogP contribution in [0.2, 0.25) is 0 Å². The third kappa shape index (κ3) is 4.21. The van der Waals surface area contributed by atoms with Gasteiger partial charge in [0.05, 0.1) is 30.4 Å². The first-order chi connectivity index (χ1) is 10.9. The van der Waals surface area contributed by atoms with E-state index in [0.717, 1.165) is 12.8 Å². The van der Waals surface area contributed by atoms with Gasteiger partial charge in [0.15, 0.2) is 6.29 Å². The van der Waals surface area contributed by atoms with Gasteiger partial charge in [-0.05, 0) is 33.2 Å². The van der Waals surface area contributed by atoms with E-state index in [0.29, 0.717) is 6.42 Å². The smallest absolute Gasteiger partial charge is 0.173 e. The van der Waals surface area contributed by atoms with Crippen molar-refractivity contribution < 1.29 is 19.3 Å². The molecular formula is C15H32N4O4. The molecule has 1 heterocycles. The van der Waals surface area contributed by atoms with Gasteiger partial charge in [0.1, 0.15) is 6.10 Å². The molecule has 1 aliphatic heterocycles. The number of aliphatic hydroxyl groups excluding tert-OH is 1. The Morgan fingerprint density at radius 3 is 2.52 bits per heavy atom. The molecule has 8 nitrogen and oxygen atoms in total. The summed E-state index contributed by atoms with van der Waals surface area (Å²) in [5.74, 6) is 0. The van der Waals surface area contributed by atoms with E-state index in [-0.39, 0.29) is 36.4 Å². The third-order valence-electron chi connectivity index (χ3n) is 4.99. The van der Waals surface area contributed by atoms with Crippen LogP contribution in [0.4, 0.5) is 0 Å². The van der Waals surface area contributed by atoms with Crippen molar-refractivity contribution in [3.63, 3.8) is 0 Å². The molecule has 2 rings (SSSR count). The largest absolute Gasteiger partial charge is 0.389 e. The fourth-order valence-corrected chi connectivity index (χ4v) is 3.52. The number of likely N-dealkylation sites (N-methyl/N-ethyl adjacent to an activating group) is 1. The minimum atomic E-state index is -0.805. The molecule has 23 heavy (non-hydrogen) atoms. The Kier molecular flexibility index (Phi) is 6.76. The Morgan fingerprint density at radius 2 is 1.96 bits per heavy atom. The number of rotatable bonds is 5. The summed E-state index contributed by atoms with van der Waals surface area (Å²) < 4.78 is 17.3. The maximum Gasteiger partial charge on any atom is 0.173 e. The van der Waals surface area contributed by atoms with Crippen LogP contribution in [0, 0.1) is 0 Å². The lowest BCUT2D eigenvalue weighted by atomic mass is 9.84. The summed E-state index contributed by atoms with van der Waals surface area (Å²) in [6, 6.07) is -0.959. The van der Waals surface area contributed by atoms with E-state index in [2.05, 4.69) is 5.32 Å². The van der Waals surface area contributed by atoms with E-state index in [4.69, 9.17) is 31.4 Å². The van der Waals surface area contributed by atoms with Crippen LogP contribution in [0.15, 0.2) is 0 Å². The molecule has 0 unspecified atom stereocenters. The molecule has 2 aliphatic rings. The zero-order chi connectivity index (χ0) is 17.1. The molecule has 0 aromatic carbocycles. The van der Waals surface area contributed by atoms with Gasteiger partial charge in [0.2, 0.25) is 0 Å². The van der Waals surface area contributed by atoms with Crippen LogP contribution < -0.4 is 22.5 Å². The number of nitrogens with one attached hydrogen (secondary N) is 1. The molecule has 0 aromatic rings. The van der Waals surface area contributed by atoms with Crippen LogP contribution in [0.25, 0.3) is 0 Å². The molecule has 8 heteroatoms. The summed E-state index contributed by atoms with van der Waals surface area (Å²) >= 11 is 0. The van der Waals surface area contributed by atoms with Gasteiger partial charge in [-0.3, -0.25) is 0 Å². The second-order valence-electron chi connectivity index (χ2n) is 6.72. The van der Waals surface area contributed by atoms with Gasteiger partial charge in [-0.25, -0.2) is 0 Å². The van der Waals surface area contributed by atoms with Crippen LogP contribution in [0.3, 0.4) is 0 Å². The molecule has 1 saturated heterocycles. The number of ether oxygens (including phenoxy) is 3. The van der Waals surface area contributed by atoms with Gasteiger partial charge >= 0.3 is 0 Å². The van der Waals surface area contributed by atoms with Crippen LogP contribution in [0.5, 0.6) is 0 Å². The summed E-state index contributed by atoms with van der Waals surface area (Å²) in [7, 11) is 3.39. The van der Waals surface area contributed by atoms with Crippen molar-refractivity contribution in [2.75, 3.05) is 14.2 Å². The standard InChI is InChI=1S/C15H32N4O4/c1-7(16)10-5-4-8(17)15(22-10)23-14-9(18)6-11(21-3)12(19-2)13(14)20/h7-15,19-20H,4-6,16-18H2,1-3H3/t7-,8+,9+,10-,11-,12+,13+,14+,15+/m0/s1. The summed E-state index contributed by atoms with van der Waals surface area (Å²) in [5, 5.41) is 13.7. The molecule has 1 aliphatic carbocycles. The molecule has 1 saturated carbocycles. The first kappa shape index (κ1) is 19.0. The minimum Gasteiger partial charge on any atom is -0.389 e. The molecule has 8 N–H and O–H groups in total. The van der Waals surface area contributed by atoms with Crippen LogP contribution >= 0.6 is 0 Å². The third-order valence-corrected chi connectivity index (χ3v) is 4.99. The number of methoxy groups -OCH3 is 1. The summed E-state index contributed by atoms with van der Waals surface area (Å²) in [6.45, 7) is 1.90. The molecule has 0 amide bonds. The Balaban J connectivity index is 2.05. The fourth-order valence-electron chi connectivity index (χ4n) is 3.52. The topological polar surface area (TPSA) is 138 Å². The normalized spacial score (nSPS) is 46.6. The molecule has 9 atom stereocenters. The van der Waals surface area contributed by atoms with Crippen molar-refractivity contribution in [3.8, 4) is 0 Å².